The van der Waals surface area contributed by atoms with Crippen LogP contribution in [0.5, 0.6) is 0 Å². The Kier molecular flexibility index (Phi) is 16.6. The van der Waals surface area contributed by atoms with Gasteiger partial charge in [-0.15, -0.1) is 0 Å². The van der Waals surface area contributed by atoms with Crippen LogP contribution in [-0.4, -0.2) is 0 Å². The van der Waals surface area contributed by atoms with E-state index in [0.29, 0.717) is 68.0 Å². The van der Waals surface area contributed by atoms with Crippen molar-refractivity contribution in [2.45, 2.75) is 0 Å². The van der Waals surface area contributed by atoms with Crippen molar-refractivity contribution in [2.75, 3.05) is 22.9 Å². The van der Waals surface area contributed by atoms with Gasteiger partial charge in [0.1, 0.15) is 0 Å². The van der Waals surface area contributed by atoms with E-state index in [9.17, 15) is 0 Å². The highest BCUT2D eigenvalue weighted by molar-refractivity contribution is 6.52. The van der Waals surface area contributed by atoms with Gasteiger partial charge in [-0.1, -0.05) is 139 Å². The number of halogens is 12. The first-order valence-electron chi connectivity index (χ1n) is 10.0. The first-order valence-corrected chi connectivity index (χ1v) is 14.6. The summed E-state index contributed by atoms with van der Waals surface area (Å²) in [5.74, 6) is 0. The van der Waals surface area contributed by atoms with Gasteiger partial charge in [-0.3, -0.25) is 0 Å². The minimum Gasteiger partial charge on any atom is -0.399 e. The molecule has 0 aliphatic heterocycles. The Morgan fingerprint density at radius 1 is 0.300 bits per heavy atom. The topological polar surface area (TPSA) is 104 Å². The fourth-order valence-electron chi connectivity index (χ4n) is 2.32. The monoisotopic (exact) mass is 780 g/mol. The molecular formula is C24H16Cl12N4. The summed E-state index contributed by atoms with van der Waals surface area (Å²) in [7, 11) is 0. The highest BCUT2D eigenvalue weighted by Gasteiger charge is 2.10. The Morgan fingerprint density at radius 3 is 1.12 bits per heavy atom. The van der Waals surface area contributed by atoms with E-state index in [0.717, 1.165) is 0 Å². The molecule has 0 aliphatic rings. The Balaban J connectivity index is 0.000000267. The Bertz CT molecular complexity index is 1300. The number of hydrogen-bond donors (Lipinski definition) is 4. The van der Waals surface area contributed by atoms with Gasteiger partial charge >= 0.3 is 0 Å². The molecule has 0 amide bonds. The standard InChI is InChI=1S/C6H3Cl4N.2C6H4Cl3N.C6H5Cl2N/c7-2-1-3(11)5(9)6(10)4(2)8;7-4-1-3(10)2-5(8)6(4)9;7-3-1-4(8)6(9)5(10)2-3;7-4-1-5(8)3-6(9)2-4/h1H,11H2;2*1-2H,10H2;1-3H,9H2. The highest BCUT2D eigenvalue weighted by Crippen LogP contribution is 2.39. The lowest BCUT2D eigenvalue weighted by Crippen LogP contribution is -1.87. The molecule has 0 spiro atoms. The van der Waals surface area contributed by atoms with Crippen LogP contribution in [0.1, 0.15) is 0 Å². The quantitative estimate of drug-likeness (QED) is 0.0809. The lowest BCUT2D eigenvalue weighted by Gasteiger charge is -2.03. The van der Waals surface area contributed by atoms with E-state index >= 15 is 0 Å². The number of hydrogen-bond acceptors (Lipinski definition) is 4. The lowest BCUT2D eigenvalue weighted by atomic mass is 10.3. The molecule has 0 aliphatic carbocycles. The third-order valence-corrected chi connectivity index (χ3v) is 8.48. The predicted molar refractivity (Wildman–Crippen MR) is 184 cm³/mol. The van der Waals surface area contributed by atoms with Crippen LogP contribution in [-0.2, 0) is 0 Å². The molecule has 0 fully saturated rings. The molecule has 0 unspecified atom stereocenters. The molecule has 4 rings (SSSR count). The molecule has 216 valence electrons. The summed E-state index contributed by atoms with van der Waals surface area (Å²) in [5, 5.41) is 4.44. The zero-order valence-corrected chi connectivity index (χ0v) is 28.5. The van der Waals surface area contributed by atoms with Crippen molar-refractivity contribution in [3.05, 3.63) is 109 Å². The zero-order chi connectivity index (χ0) is 30.9. The average Bonchev–Trinajstić information content (AvgIpc) is 2.83. The maximum atomic E-state index is 5.66. The molecule has 0 heterocycles. The Hall–Kier alpha value is -0.440. The minimum atomic E-state index is 0.193. The summed E-state index contributed by atoms with van der Waals surface area (Å²) >= 11 is 67.5. The van der Waals surface area contributed by atoms with E-state index in [-0.39, 0.29) is 15.1 Å². The molecule has 0 radical (unpaired) electrons. The fourth-order valence-corrected chi connectivity index (χ4v) is 4.91. The van der Waals surface area contributed by atoms with Crippen molar-refractivity contribution in [2.24, 2.45) is 0 Å². The van der Waals surface area contributed by atoms with Crippen molar-refractivity contribution in [1.29, 1.82) is 0 Å². The van der Waals surface area contributed by atoms with E-state index < -0.39 is 0 Å². The zero-order valence-electron chi connectivity index (χ0n) is 19.5. The van der Waals surface area contributed by atoms with Crippen molar-refractivity contribution < 1.29 is 0 Å². The van der Waals surface area contributed by atoms with Gasteiger partial charge in [-0.05, 0) is 48.5 Å². The summed E-state index contributed by atoms with van der Waals surface area (Å²) in [6, 6.07) is 12.6. The van der Waals surface area contributed by atoms with E-state index in [1.807, 2.05) is 0 Å². The van der Waals surface area contributed by atoms with Gasteiger partial charge in [0.2, 0.25) is 0 Å². The van der Waals surface area contributed by atoms with Gasteiger partial charge in [0.05, 0.1) is 56.6 Å². The molecule has 0 aromatic heterocycles. The lowest BCUT2D eigenvalue weighted by molar-refractivity contribution is 1.67. The maximum Gasteiger partial charge on any atom is 0.0837 e. The van der Waals surface area contributed by atoms with Gasteiger partial charge in [-0.2, -0.15) is 0 Å². The number of anilines is 4. The molecule has 0 saturated heterocycles. The van der Waals surface area contributed by atoms with E-state index in [4.69, 9.17) is 162 Å². The van der Waals surface area contributed by atoms with Crippen molar-refractivity contribution in [3.63, 3.8) is 0 Å². The summed E-state index contributed by atoms with van der Waals surface area (Å²) in [6.07, 6.45) is 0. The van der Waals surface area contributed by atoms with Gasteiger partial charge < -0.3 is 22.9 Å². The summed E-state index contributed by atoms with van der Waals surface area (Å²) < 4.78 is 0. The second kappa shape index (κ2) is 17.6. The molecule has 4 aromatic rings. The van der Waals surface area contributed by atoms with E-state index in [1.165, 1.54) is 6.07 Å². The normalized spacial score (nSPS) is 9.90. The molecule has 4 nitrogen and oxygen atoms in total. The second-order valence-corrected chi connectivity index (χ2v) is 12.0. The number of nitrogen functional groups attached to an aromatic ring is 4. The van der Waals surface area contributed by atoms with E-state index in [2.05, 4.69) is 0 Å². The molecule has 4 aromatic carbocycles. The number of nitrogens with two attached hydrogens (primary N) is 4. The van der Waals surface area contributed by atoms with Gasteiger partial charge in [0.25, 0.3) is 0 Å². The van der Waals surface area contributed by atoms with E-state index in [1.54, 1.807) is 42.5 Å². The van der Waals surface area contributed by atoms with Crippen LogP contribution in [0, 0.1) is 0 Å². The average molecular weight is 786 g/mol. The van der Waals surface area contributed by atoms with Crippen LogP contribution in [0.2, 0.25) is 60.3 Å². The van der Waals surface area contributed by atoms with Crippen LogP contribution in [0.15, 0.2) is 48.5 Å². The number of benzene rings is 4. The molecule has 40 heavy (non-hydrogen) atoms. The Labute approximate surface area is 291 Å². The van der Waals surface area contributed by atoms with Crippen molar-refractivity contribution in [3.8, 4) is 0 Å². The van der Waals surface area contributed by atoms with Crippen molar-refractivity contribution in [1.82, 2.24) is 0 Å². The van der Waals surface area contributed by atoms with Crippen LogP contribution in [0.25, 0.3) is 0 Å². The van der Waals surface area contributed by atoms with Gasteiger partial charge in [0, 0.05) is 26.4 Å². The van der Waals surface area contributed by atoms with Gasteiger partial charge in [0.15, 0.2) is 0 Å². The maximum absolute atomic E-state index is 5.66. The molecule has 0 saturated carbocycles. The first-order chi connectivity index (χ1) is 18.4. The number of rotatable bonds is 0. The van der Waals surface area contributed by atoms with Crippen LogP contribution in [0.3, 0.4) is 0 Å². The molecule has 0 atom stereocenters. The van der Waals surface area contributed by atoms with Crippen molar-refractivity contribution >= 4 is 162 Å². The molecule has 16 heteroatoms. The smallest absolute Gasteiger partial charge is 0.0837 e. The minimum absolute atomic E-state index is 0.193. The van der Waals surface area contributed by atoms with Crippen LogP contribution < -0.4 is 22.9 Å². The second-order valence-electron chi connectivity index (χ2n) is 7.18. The first kappa shape index (κ1) is 37.6. The predicted octanol–water partition coefficient (Wildman–Crippen LogP) is 12.9. The summed E-state index contributed by atoms with van der Waals surface area (Å²) in [6.45, 7) is 0. The summed E-state index contributed by atoms with van der Waals surface area (Å²) in [4.78, 5) is 0. The molecule has 8 N–H and O–H groups in total. The fraction of sp³-hybridized carbons (Fsp3) is 0. The SMILES string of the molecule is Nc1cc(Cl)c(Cl)c(Cl)c1.Nc1cc(Cl)c(Cl)c(Cl)c1Cl.Nc1cc(Cl)cc(Cl)c1.Nc1cc(Cl)cc(Cl)c1Cl. The third-order valence-electron chi connectivity index (χ3n) is 4.04. The largest absolute Gasteiger partial charge is 0.399 e. The third kappa shape index (κ3) is 12.4. The molecule has 0 bridgehead atoms. The van der Waals surface area contributed by atoms with Crippen LogP contribution >= 0.6 is 139 Å². The Morgan fingerprint density at radius 2 is 0.675 bits per heavy atom. The molecular weight excluding hydrogens is 770 g/mol. The summed E-state index contributed by atoms with van der Waals surface area (Å²) in [5.41, 5.74) is 23.5. The van der Waals surface area contributed by atoms with Crippen LogP contribution in [0.4, 0.5) is 22.7 Å². The highest BCUT2D eigenvalue weighted by atomic mass is 35.5. The van der Waals surface area contributed by atoms with Gasteiger partial charge in [-0.25, -0.2) is 0 Å².